The zero-order chi connectivity index (χ0) is 97.8. The van der Waals surface area contributed by atoms with Crippen LogP contribution in [0.3, 0.4) is 0 Å². The normalized spacial score (nSPS) is 13.6. The smallest absolute Gasteiger partial charge is 0.230 e. The van der Waals surface area contributed by atoms with Crippen molar-refractivity contribution in [3.63, 3.8) is 0 Å². The van der Waals surface area contributed by atoms with Crippen LogP contribution >= 0.6 is 45.3 Å². The molecular weight excluding hydrogens is 1850 g/mol. The minimum Gasteiger partial charge on any atom is -0.377 e. The Balaban J connectivity index is 0.000000127. The fraction of sp³-hybridized carbons (Fsp3) is 0.200. The molecule has 0 spiro atoms. The molecule has 2 aliphatic rings. The molecule has 1 fully saturated rings. The standard InChI is InChI=1S/C24H29N5O2.2C21H17N5OS.C20H18N4O2S.C19H16N6OS/c1-15-10-20(11-16(2)31-15)23-17(3)28-29(18(23)4)14-22(30)12-21-7-6-19(13-27-21)24-25-8-5-9-26-24;2*1-14-8-15(4-5-23-14)17-9-18(28-13-17)10-21(27)26-20-3-2-16(11-25-20)19-12-22-6-7-24-19;25-20(10-17-9-16(13-27-17)14-3-7-26-8-4-14)24-19-2-1-15(11-23-19)18-12-21-5-6-22-18;1-25-17(4-5-23-25)14-8-15(27-12-14)9-19(26)24-18-3-2-13(10-22-18)16-11-20-6-7-21-16/h5-9,13,15-16,20H,10-12,14H2,1-4H3;2*2-9,11-13H,10H2,1H3,(H,25,26,27);1-3,5-6,9,11-13H,4,7-8,10H2,(H,23,24,25);2-8,10-12H,9H2,1H3,(H,22,24,26). The molecule has 36 heteroatoms. The summed E-state index contributed by atoms with van der Waals surface area (Å²) < 4.78 is 14.9. The van der Waals surface area contributed by atoms with E-state index < -0.39 is 0 Å². The third-order valence-electron chi connectivity index (χ3n) is 22.3. The SMILES string of the molecule is Cc1cc(-c2csc(CC(=O)Nc3ccc(-c4cnccn4)cn3)c2)ccn1.Cc1cc(-c2csc(CC(=O)Nc3ccc(-c4cnccn4)cn3)c2)ccn1.Cc1nn(CC(=O)Cc2ccc(-c3ncccn3)cn2)c(C)c1C1CC(C)OC(C)C1.Cn1nccc1-c1csc(CC(=O)Nc2ccc(-c3cnccn3)cn2)c1.O=C(Cc1cc(C2=CCOCC2)cs1)Nc1ccc(-c2cnccn2)cn1. The van der Waals surface area contributed by atoms with E-state index in [9.17, 15) is 24.0 Å². The number of Topliss-reactive ketones (excluding diaryl/α,β-unsaturated/α-hetero) is 1. The van der Waals surface area contributed by atoms with Crippen LogP contribution in [-0.4, -0.2) is 159 Å². The predicted octanol–water partition coefficient (Wildman–Crippen LogP) is 18.9. The van der Waals surface area contributed by atoms with Crippen LogP contribution in [0, 0.1) is 27.7 Å². The number of thiophene rings is 4. The van der Waals surface area contributed by atoms with E-state index in [1.165, 1.54) is 16.7 Å². The molecule has 4 amide bonds. The van der Waals surface area contributed by atoms with Crippen molar-refractivity contribution < 1.29 is 33.4 Å². The Bertz CT molecular complexity index is 7050. The molecule has 141 heavy (non-hydrogen) atoms. The van der Waals surface area contributed by atoms with Gasteiger partial charge in [-0.15, -0.1) is 45.3 Å². The minimum atomic E-state index is -0.104. The highest BCUT2D eigenvalue weighted by molar-refractivity contribution is 7.11. The molecule has 0 aromatic carbocycles. The van der Waals surface area contributed by atoms with Crippen LogP contribution in [0.15, 0.2) is 285 Å². The number of nitrogens with one attached hydrogen (secondary N) is 4. The van der Waals surface area contributed by atoms with Crippen molar-refractivity contribution in [3.8, 4) is 89.9 Å². The average molecular weight is 1950 g/mol. The fourth-order valence-electron chi connectivity index (χ4n) is 15.7. The van der Waals surface area contributed by atoms with Crippen molar-refractivity contribution in [2.75, 3.05) is 34.5 Å². The summed E-state index contributed by atoms with van der Waals surface area (Å²) in [6.07, 6.45) is 43.9. The number of aryl methyl sites for hydroxylation is 4. The second-order valence-corrected chi connectivity index (χ2v) is 36.9. The van der Waals surface area contributed by atoms with Crippen LogP contribution in [0.4, 0.5) is 23.3 Å². The van der Waals surface area contributed by atoms with Gasteiger partial charge in [-0.05, 0) is 243 Å². The maximum absolute atomic E-state index is 12.7. The number of aromatic nitrogens is 21. The van der Waals surface area contributed by atoms with Crippen LogP contribution in [-0.2, 0) is 79.1 Å². The maximum Gasteiger partial charge on any atom is 0.230 e. The second-order valence-electron chi connectivity index (χ2n) is 33.0. The number of amides is 4. The van der Waals surface area contributed by atoms with Crippen molar-refractivity contribution in [2.24, 2.45) is 7.05 Å². The molecule has 18 aromatic heterocycles. The van der Waals surface area contributed by atoms with Crippen molar-refractivity contribution >= 4 is 104 Å². The van der Waals surface area contributed by atoms with Crippen molar-refractivity contribution in [2.45, 2.75) is 118 Å². The van der Waals surface area contributed by atoms with Crippen LogP contribution in [0.25, 0.3) is 95.5 Å². The number of ketones is 1. The van der Waals surface area contributed by atoms with E-state index in [4.69, 9.17) is 9.47 Å². The van der Waals surface area contributed by atoms with Crippen LogP contribution in [0.5, 0.6) is 0 Å². The van der Waals surface area contributed by atoms with Crippen molar-refractivity contribution in [1.82, 2.24) is 104 Å². The molecule has 0 aliphatic carbocycles. The third-order valence-corrected chi connectivity index (χ3v) is 26.1. The van der Waals surface area contributed by atoms with Gasteiger partial charge in [-0.3, -0.25) is 88.2 Å². The Kier molecular flexibility index (Phi) is 33.5. The number of ether oxygens (including phenoxy) is 2. The molecule has 18 aromatic rings. The second kappa shape index (κ2) is 48.3. The van der Waals surface area contributed by atoms with Gasteiger partial charge < -0.3 is 30.7 Å². The molecule has 2 unspecified atom stereocenters. The van der Waals surface area contributed by atoms with Crippen LogP contribution in [0.2, 0.25) is 0 Å². The summed E-state index contributed by atoms with van der Waals surface area (Å²) in [5.41, 5.74) is 22.3. The molecule has 32 nitrogen and oxygen atoms in total. The number of carbonyl (C=O) groups excluding carboxylic acids is 5. The molecule has 20 rings (SSSR count). The lowest BCUT2D eigenvalue weighted by Gasteiger charge is -2.32. The molecular formula is C105H97N25O7S4. The topological polar surface area (TPSA) is 407 Å². The first-order chi connectivity index (χ1) is 68.7. The highest BCUT2D eigenvalue weighted by Gasteiger charge is 2.31. The summed E-state index contributed by atoms with van der Waals surface area (Å²) in [5.74, 6) is 2.82. The number of hydrogen-bond donors (Lipinski definition) is 4. The van der Waals surface area contributed by atoms with Gasteiger partial charge in [0.1, 0.15) is 29.8 Å². The first-order valence-electron chi connectivity index (χ1n) is 45.2. The highest BCUT2D eigenvalue weighted by atomic mass is 32.1. The van der Waals surface area contributed by atoms with Gasteiger partial charge in [-0.25, -0.2) is 29.9 Å². The van der Waals surface area contributed by atoms with E-state index in [-0.39, 0.29) is 54.6 Å². The largest absolute Gasteiger partial charge is 0.377 e. The molecule has 0 radical (unpaired) electrons. The summed E-state index contributed by atoms with van der Waals surface area (Å²) >= 11 is 6.31. The molecule has 0 saturated carbocycles. The molecule has 2 atom stereocenters. The molecule has 0 bridgehead atoms. The van der Waals surface area contributed by atoms with E-state index in [0.29, 0.717) is 67.3 Å². The quantitative estimate of drug-likeness (QED) is 0.0391. The fourth-order valence-corrected chi connectivity index (χ4v) is 19.2. The van der Waals surface area contributed by atoms with Gasteiger partial charge in [0.15, 0.2) is 11.6 Å². The van der Waals surface area contributed by atoms with Crippen LogP contribution < -0.4 is 21.3 Å². The average Bonchev–Trinajstić information content (AvgIpc) is 1.75. The maximum atomic E-state index is 12.7. The number of nitrogens with zero attached hydrogens (tertiary/aromatic N) is 21. The first kappa shape index (κ1) is 97.9. The zero-order valence-corrected chi connectivity index (χ0v) is 81.3. The zero-order valence-electron chi connectivity index (χ0n) is 78.0. The monoisotopic (exact) mass is 1950 g/mol. The number of anilines is 4. The summed E-state index contributed by atoms with van der Waals surface area (Å²) in [7, 11) is 1.90. The highest BCUT2D eigenvalue weighted by Crippen LogP contribution is 2.38. The van der Waals surface area contributed by atoms with Crippen LogP contribution in [0.1, 0.15) is 98.1 Å². The van der Waals surface area contributed by atoms with Gasteiger partial charge in [0, 0.05) is 200 Å². The molecule has 4 N–H and O–H groups in total. The number of hydrogen-bond acceptors (Lipinski definition) is 30. The van der Waals surface area contributed by atoms with Gasteiger partial charge in [-0.1, -0.05) is 6.08 Å². The lowest BCUT2D eigenvalue weighted by atomic mass is 9.85. The predicted molar refractivity (Wildman–Crippen MR) is 547 cm³/mol. The van der Waals surface area contributed by atoms with Gasteiger partial charge >= 0.3 is 0 Å². The van der Waals surface area contributed by atoms with E-state index in [0.717, 1.165) is 158 Å². The van der Waals surface area contributed by atoms with Gasteiger partial charge in [0.05, 0.1) is 116 Å². The van der Waals surface area contributed by atoms with E-state index in [1.54, 1.807) is 212 Å². The Morgan fingerprint density at radius 1 is 0.397 bits per heavy atom. The van der Waals surface area contributed by atoms with Crippen molar-refractivity contribution in [1.29, 1.82) is 0 Å². The molecule has 20 heterocycles. The third kappa shape index (κ3) is 28.1. The molecule has 1 saturated heterocycles. The summed E-state index contributed by atoms with van der Waals surface area (Å²) in [5, 5.41) is 28.5. The minimum absolute atomic E-state index is 0.0795. The van der Waals surface area contributed by atoms with Gasteiger partial charge in [0.2, 0.25) is 23.6 Å². The Morgan fingerprint density at radius 2 is 0.816 bits per heavy atom. The molecule has 2 aliphatic heterocycles. The summed E-state index contributed by atoms with van der Waals surface area (Å²) in [6, 6.07) is 38.2. The number of pyridine rings is 7. The van der Waals surface area contributed by atoms with E-state index in [2.05, 4.69) is 165 Å². The van der Waals surface area contributed by atoms with E-state index in [1.807, 2.05) is 127 Å². The first-order valence-corrected chi connectivity index (χ1v) is 48.7. The lowest BCUT2D eigenvalue weighted by molar-refractivity contribution is -0.119. The molecule has 708 valence electrons. The summed E-state index contributed by atoms with van der Waals surface area (Å²) in [6.45, 7) is 14.0. The Hall–Kier alpha value is -16.1. The Labute approximate surface area is 829 Å². The number of rotatable bonds is 26. The van der Waals surface area contributed by atoms with Crippen molar-refractivity contribution in [3.05, 3.63) is 344 Å². The summed E-state index contributed by atoms with van der Waals surface area (Å²) in [4.78, 5) is 138. The lowest BCUT2D eigenvalue weighted by Crippen LogP contribution is -2.28. The Morgan fingerprint density at radius 3 is 1.20 bits per heavy atom. The van der Waals surface area contributed by atoms with Gasteiger partial charge in [0.25, 0.3) is 0 Å². The van der Waals surface area contributed by atoms with Gasteiger partial charge in [-0.2, -0.15) is 10.2 Å². The number of carbonyl (C=O) groups is 5. The van der Waals surface area contributed by atoms with E-state index >= 15 is 0 Å².